The molecule has 0 aromatic heterocycles. The number of carbonyl (C=O) groups excluding carboxylic acids is 3. The van der Waals surface area contributed by atoms with Crippen LogP contribution in [0.5, 0.6) is 0 Å². The molecule has 0 radical (unpaired) electrons. The summed E-state index contributed by atoms with van der Waals surface area (Å²) in [4.78, 5) is 39.0. The summed E-state index contributed by atoms with van der Waals surface area (Å²) in [5.41, 5.74) is 2.55. The van der Waals surface area contributed by atoms with Crippen LogP contribution >= 0.6 is 0 Å². The van der Waals surface area contributed by atoms with Crippen LogP contribution in [0.25, 0.3) is 0 Å². The molecule has 1 aliphatic rings. The first kappa shape index (κ1) is 16.9. The molecule has 2 aromatic rings. The van der Waals surface area contributed by atoms with Crippen molar-refractivity contribution in [1.29, 1.82) is 0 Å². The topological polar surface area (TPSA) is 63.7 Å². The van der Waals surface area contributed by atoms with Crippen LogP contribution in [0.2, 0.25) is 0 Å². The van der Waals surface area contributed by atoms with E-state index in [0.717, 1.165) is 16.0 Å². The second kappa shape index (κ2) is 6.89. The molecule has 0 saturated heterocycles. The Morgan fingerprint density at radius 2 is 1.56 bits per heavy atom. The largest absolute Gasteiger partial charge is 0.464 e. The maximum atomic E-state index is 12.7. The van der Waals surface area contributed by atoms with Gasteiger partial charge >= 0.3 is 5.97 Å². The summed E-state index contributed by atoms with van der Waals surface area (Å²) >= 11 is 0. The molecule has 0 N–H and O–H groups in total. The normalized spacial score (nSPS) is 14.4. The standard InChI is InChI=1S/C20H19NO4/c1-3-25-20(24)17(12-14-9-5-4-8-13(14)2)21-18(22)15-10-6-7-11-16(15)19(21)23/h4-11,17H,3,12H2,1-2H3. The highest BCUT2D eigenvalue weighted by molar-refractivity contribution is 6.22. The number of hydrogen-bond acceptors (Lipinski definition) is 4. The van der Waals surface area contributed by atoms with Gasteiger partial charge in [0.15, 0.2) is 0 Å². The molecule has 0 spiro atoms. The monoisotopic (exact) mass is 337 g/mol. The molecular weight excluding hydrogens is 318 g/mol. The minimum atomic E-state index is -0.978. The van der Waals surface area contributed by atoms with Crippen molar-refractivity contribution in [3.8, 4) is 0 Å². The summed E-state index contributed by atoms with van der Waals surface area (Å²) < 4.78 is 5.14. The fourth-order valence-corrected chi connectivity index (χ4v) is 3.06. The zero-order valence-corrected chi connectivity index (χ0v) is 14.2. The average molecular weight is 337 g/mol. The number of hydrogen-bond donors (Lipinski definition) is 0. The van der Waals surface area contributed by atoms with Gasteiger partial charge in [-0.05, 0) is 37.1 Å². The minimum absolute atomic E-state index is 0.187. The van der Waals surface area contributed by atoms with Crippen molar-refractivity contribution in [2.75, 3.05) is 6.61 Å². The van der Waals surface area contributed by atoms with Gasteiger partial charge in [0.25, 0.3) is 11.8 Å². The fraction of sp³-hybridized carbons (Fsp3) is 0.250. The van der Waals surface area contributed by atoms with Crippen molar-refractivity contribution in [1.82, 2.24) is 4.90 Å². The first-order valence-corrected chi connectivity index (χ1v) is 8.22. The Hall–Kier alpha value is -2.95. The molecule has 0 fully saturated rings. The lowest BCUT2D eigenvalue weighted by atomic mass is 10.00. The number of imide groups is 1. The van der Waals surface area contributed by atoms with Crippen molar-refractivity contribution in [3.05, 3.63) is 70.8 Å². The maximum absolute atomic E-state index is 12.7. The summed E-state index contributed by atoms with van der Waals surface area (Å²) in [7, 11) is 0. The van der Waals surface area contributed by atoms with Gasteiger partial charge in [0.05, 0.1) is 17.7 Å². The van der Waals surface area contributed by atoms with Gasteiger partial charge in [-0.25, -0.2) is 4.79 Å². The second-order valence-electron chi connectivity index (χ2n) is 5.92. The predicted octanol–water partition coefficient (Wildman–Crippen LogP) is 2.77. The number of rotatable bonds is 5. The molecule has 0 saturated carbocycles. The zero-order chi connectivity index (χ0) is 18.0. The highest BCUT2D eigenvalue weighted by atomic mass is 16.5. The predicted molar refractivity (Wildman–Crippen MR) is 92.2 cm³/mol. The summed E-state index contributed by atoms with van der Waals surface area (Å²) in [6, 6.07) is 13.2. The summed E-state index contributed by atoms with van der Waals surface area (Å²) in [6.45, 7) is 3.82. The number of fused-ring (bicyclic) bond motifs is 1. The lowest BCUT2D eigenvalue weighted by Gasteiger charge is -2.25. The van der Waals surface area contributed by atoms with Gasteiger partial charge < -0.3 is 4.74 Å². The molecule has 0 aliphatic carbocycles. The summed E-state index contributed by atoms with van der Waals surface area (Å²) in [5.74, 6) is -1.47. The smallest absolute Gasteiger partial charge is 0.329 e. The van der Waals surface area contributed by atoms with E-state index in [2.05, 4.69) is 0 Å². The van der Waals surface area contributed by atoms with Crippen molar-refractivity contribution in [2.24, 2.45) is 0 Å². The highest BCUT2D eigenvalue weighted by Crippen LogP contribution is 2.27. The quantitative estimate of drug-likeness (QED) is 0.622. The molecule has 1 atom stereocenters. The van der Waals surface area contributed by atoms with E-state index in [4.69, 9.17) is 4.74 Å². The van der Waals surface area contributed by atoms with Crippen LogP contribution in [0.4, 0.5) is 0 Å². The molecule has 3 rings (SSSR count). The Morgan fingerprint density at radius 1 is 1.00 bits per heavy atom. The van der Waals surface area contributed by atoms with Crippen LogP contribution in [0.1, 0.15) is 38.8 Å². The molecular formula is C20H19NO4. The van der Waals surface area contributed by atoms with Gasteiger partial charge in [0, 0.05) is 6.42 Å². The third kappa shape index (κ3) is 3.05. The van der Waals surface area contributed by atoms with Crippen molar-refractivity contribution in [3.63, 3.8) is 0 Å². The van der Waals surface area contributed by atoms with Gasteiger partial charge in [-0.2, -0.15) is 0 Å². The van der Waals surface area contributed by atoms with Crippen LogP contribution in [-0.2, 0) is 16.0 Å². The molecule has 1 unspecified atom stereocenters. The van der Waals surface area contributed by atoms with Crippen LogP contribution in [-0.4, -0.2) is 35.3 Å². The lowest BCUT2D eigenvalue weighted by Crippen LogP contribution is -2.47. The number of amides is 2. The molecule has 0 bridgehead atoms. The molecule has 5 nitrogen and oxygen atoms in total. The van der Waals surface area contributed by atoms with Crippen molar-refractivity contribution < 1.29 is 19.1 Å². The second-order valence-corrected chi connectivity index (χ2v) is 5.92. The van der Waals surface area contributed by atoms with E-state index in [1.807, 2.05) is 31.2 Å². The van der Waals surface area contributed by atoms with E-state index >= 15 is 0 Å². The Morgan fingerprint density at radius 3 is 2.12 bits per heavy atom. The molecule has 25 heavy (non-hydrogen) atoms. The zero-order valence-electron chi connectivity index (χ0n) is 14.2. The average Bonchev–Trinajstić information content (AvgIpc) is 2.86. The maximum Gasteiger partial charge on any atom is 0.329 e. The Bertz CT molecular complexity index is 808. The lowest BCUT2D eigenvalue weighted by molar-refractivity contribution is -0.147. The van der Waals surface area contributed by atoms with Gasteiger partial charge in [-0.3, -0.25) is 14.5 Å². The fourth-order valence-electron chi connectivity index (χ4n) is 3.06. The van der Waals surface area contributed by atoms with Gasteiger partial charge in [-0.15, -0.1) is 0 Å². The molecule has 5 heteroatoms. The van der Waals surface area contributed by atoms with Crippen LogP contribution in [0.15, 0.2) is 48.5 Å². The van der Waals surface area contributed by atoms with Crippen LogP contribution in [0.3, 0.4) is 0 Å². The summed E-state index contributed by atoms with van der Waals surface area (Å²) in [6.07, 6.45) is 0.233. The van der Waals surface area contributed by atoms with E-state index in [1.54, 1.807) is 31.2 Å². The van der Waals surface area contributed by atoms with Crippen LogP contribution in [0, 0.1) is 6.92 Å². The van der Waals surface area contributed by atoms with E-state index < -0.39 is 23.8 Å². The molecule has 2 aromatic carbocycles. The van der Waals surface area contributed by atoms with E-state index in [-0.39, 0.29) is 13.0 Å². The number of esters is 1. The number of aryl methyl sites for hydroxylation is 1. The molecule has 1 heterocycles. The Labute approximate surface area is 146 Å². The Balaban J connectivity index is 1.98. The number of carbonyl (C=O) groups is 3. The van der Waals surface area contributed by atoms with Crippen LogP contribution < -0.4 is 0 Å². The summed E-state index contributed by atoms with van der Waals surface area (Å²) in [5, 5.41) is 0. The minimum Gasteiger partial charge on any atom is -0.464 e. The molecule has 1 aliphatic heterocycles. The third-order valence-corrected chi connectivity index (χ3v) is 4.37. The first-order valence-electron chi connectivity index (χ1n) is 8.22. The van der Waals surface area contributed by atoms with Crippen molar-refractivity contribution >= 4 is 17.8 Å². The number of benzene rings is 2. The van der Waals surface area contributed by atoms with E-state index in [1.165, 1.54) is 0 Å². The third-order valence-electron chi connectivity index (χ3n) is 4.37. The number of ether oxygens (including phenoxy) is 1. The van der Waals surface area contributed by atoms with Gasteiger partial charge in [0.1, 0.15) is 6.04 Å². The van der Waals surface area contributed by atoms with E-state index in [0.29, 0.717) is 11.1 Å². The number of nitrogens with zero attached hydrogens (tertiary/aromatic N) is 1. The van der Waals surface area contributed by atoms with Gasteiger partial charge in [0.2, 0.25) is 0 Å². The highest BCUT2D eigenvalue weighted by Gasteiger charge is 2.43. The van der Waals surface area contributed by atoms with Gasteiger partial charge in [-0.1, -0.05) is 36.4 Å². The molecule has 2 amide bonds. The van der Waals surface area contributed by atoms with E-state index in [9.17, 15) is 14.4 Å². The first-order chi connectivity index (χ1) is 12.0. The molecule has 128 valence electrons. The SMILES string of the molecule is CCOC(=O)C(Cc1ccccc1C)N1C(=O)c2ccccc2C1=O. The van der Waals surface area contributed by atoms with Crippen molar-refractivity contribution in [2.45, 2.75) is 26.3 Å². The Kier molecular flexibility index (Phi) is 4.65.